The Morgan fingerprint density at radius 3 is 2.39 bits per heavy atom. The molecule has 0 saturated heterocycles. The number of hydrogen-bond acceptors (Lipinski definition) is 3. The average Bonchev–Trinajstić information content (AvgIpc) is 2.51. The monoisotopic (exact) mass is 324 g/mol. The van der Waals surface area contributed by atoms with E-state index >= 15 is 0 Å². The Morgan fingerprint density at radius 2 is 1.83 bits per heavy atom. The van der Waals surface area contributed by atoms with Gasteiger partial charge in [-0.15, -0.1) is 0 Å². The van der Waals surface area contributed by atoms with Crippen LogP contribution in [0, 0.1) is 6.92 Å². The lowest BCUT2D eigenvalue weighted by atomic mass is 10.1. The summed E-state index contributed by atoms with van der Waals surface area (Å²) in [6.07, 6.45) is -3.68. The highest BCUT2D eigenvalue weighted by Crippen LogP contribution is 2.33. The van der Waals surface area contributed by atoms with Gasteiger partial charge in [0.15, 0.2) is 11.5 Å². The molecule has 0 amide bonds. The minimum absolute atomic E-state index is 0.0930. The van der Waals surface area contributed by atoms with E-state index in [1.165, 1.54) is 32.2 Å². The van der Waals surface area contributed by atoms with Gasteiger partial charge in [0.2, 0.25) is 0 Å². The molecule has 0 fully saturated rings. The second-order valence-electron chi connectivity index (χ2n) is 4.96. The summed E-state index contributed by atoms with van der Waals surface area (Å²) in [6.45, 7) is 1.50. The van der Waals surface area contributed by atoms with Gasteiger partial charge in [0.1, 0.15) is 12.9 Å². The zero-order valence-electron chi connectivity index (χ0n) is 12.6. The van der Waals surface area contributed by atoms with Gasteiger partial charge in [0, 0.05) is 5.56 Å². The highest BCUT2D eigenvalue weighted by atomic mass is 19.4. The van der Waals surface area contributed by atoms with E-state index < -0.39 is 11.7 Å². The Hall–Kier alpha value is -2.50. The van der Waals surface area contributed by atoms with Crippen molar-refractivity contribution in [1.82, 2.24) is 0 Å². The number of methoxy groups -OCH3 is 1. The summed E-state index contributed by atoms with van der Waals surface area (Å²) in [4.78, 5) is 10.7. The molecule has 6 heteroatoms. The average molecular weight is 324 g/mol. The van der Waals surface area contributed by atoms with Crippen LogP contribution >= 0.6 is 0 Å². The van der Waals surface area contributed by atoms with Crippen LogP contribution in [0.15, 0.2) is 36.4 Å². The minimum Gasteiger partial charge on any atom is -0.493 e. The summed E-state index contributed by atoms with van der Waals surface area (Å²) in [7, 11) is 1.44. The Balaban J connectivity index is 2.15. The van der Waals surface area contributed by atoms with Crippen molar-refractivity contribution in [2.24, 2.45) is 0 Å². The van der Waals surface area contributed by atoms with Crippen LogP contribution < -0.4 is 9.47 Å². The molecule has 0 unspecified atom stereocenters. The lowest BCUT2D eigenvalue weighted by molar-refractivity contribution is -0.138. The molecule has 3 nitrogen and oxygen atoms in total. The van der Waals surface area contributed by atoms with Crippen molar-refractivity contribution in [3.8, 4) is 11.5 Å². The van der Waals surface area contributed by atoms with Crippen LogP contribution in [0.1, 0.15) is 27.0 Å². The third-order valence-electron chi connectivity index (χ3n) is 3.31. The third-order valence-corrected chi connectivity index (χ3v) is 3.31. The van der Waals surface area contributed by atoms with E-state index in [1.54, 1.807) is 12.1 Å². The van der Waals surface area contributed by atoms with Crippen molar-refractivity contribution >= 4 is 6.29 Å². The summed E-state index contributed by atoms with van der Waals surface area (Å²) in [5, 5.41) is 0. The predicted octanol–water partition coefficient (Wildman–Crippen LogP) is 4.41. The highest BCUT2D eigenvalue weighted by molar-refractivity contribution is 5.76. The molecule has 2 aromatic carbocycles. The highest BCUT2D eigenvalue weighted by Gasteiger charge is 2.32. The lowest BCUT2D eigenvalue weighted by Crippen LogP contribution is -2.08. The van der Waals surface area contributed by atoms with E-state index in [0.717, 1.165) is 6.07 Å². The van der Waals surface area contributed by atoms with E-state index in [9.17, 15) is 18.0 Å². The van der Waals surface area contributed by atoms with Gasteiger partial charge in [-0.3, -0.25) is 4.79 Å². The van der Waals surface area contributed by atoms with Gasteiger partial charge in [0.05, 0.1) is 12.7 Å². The fourth-order valence-electron chi connectivity index (χ4n) is 2.17. The Morgan fingerprint density at radius 1 is 1.09 bits per heavy atom. The molecule has 0 aliphatic rings. The van der Waals surface area contributed by atoms with Crippen LogP contribution in [0.2, 0.25) is 0 Å². The van der Waals surface area contributed by atoms with Crippen molar-refractivity contribution in [1.29, 1.82) is 0 Å². The first-order valence-electron chi connectivity index (χ1n) is 6.78. The van der Waals surface area contributed by atoms with Gasteiger partial charge in [-0.2, -0.15) is 13.2 Å². The standard InChI is InChI=1S/C17H15F3O3/c1-11-7-13(3-5-14(11)17(18,19)20)10-23-15-6-4-12(9-21)8-16(15)22-2/h3-9H,10H2,1-2H3. The molecule has 122 valence electrons. The Kier molecular flexibility index (Phi) is 4.93. The molecule has 0 saturated carbocycles. The summed E-state index contributed by atoms with van der Waals surface area (Å²) in [6, 6.07) is 8.54. The maximum Gasteiger partial charge on any atom is 0.416 e. The van der Waals surface area contributed by atoms with E-state index in [-0.39, 0.29) is 12.2 Å². The number of aldehydes is 1. The van der Waals surface area contributed by atoms with Crippen LogP contribution in [0.3, 0.4) is 0 Å². The largest absolute Gasteiger partial charge is 0.493 e. The van der Waals surface area contributed by atoms with Gasteiger partial charge >= 0.3 is 6.18 Å². The molecule has 0 radical (unpaired) electrons. The SMILES string of the molecule is COc1cc(C=O)ccc1OCc1ccc(C(F)(F)F)c(C)c1. The molecule has 2 aromatic rings. The quantitative estimate of drug-likeness (QED) is 0.764. The number of rotatable bonds is 5. The van der Waals surface area contributed by atoms with Crippen LogP contribution in [0.5, 0.6) is 11.5 Å². The number of aryl methyl sites for hydroxylation is 1. The van der Waals surface area contributed by atoms with Crippen LogP contribution in [0.4, 0.5) is 13.2 Å². The van der Waals surface area contributed by atoms with Crippen LogP contribution in [-0.4, -0.2) is 13.4 Å². The van der Waals surface area contributed by atoms with Gasteiger partial charge in [-0.05, 0) is 42.3 Å². The normalized spacial score (nSPS) is 11.2. The summed E-state index contributed by atoms with van der Waals surface area (Å²) in [5.74, 6) is 0.800. The molecule has 2 rings (SSSR count). The number of hydrogen-bond donors (Lipinski definition) is 0. The molecule has 0 aromatic heterocycles. The summed E-state index contributed by atoms with van der Waals surface area (Å²) >= 11 is 0. The van der Waals surface area contributed by atoms with E-state index in [1.807, 2.05) is 0 Å². The van der Waals surface area contributed by atoms with Gasteiger partial charge < -0.3 is 9.47 Å². The van der Waals surface area contributed by atoms with E-state index in [4.69, 9.17) is 9.47 Å². The first-order valence-corrected chi connectivity index (χ1v) is 6.78. The number of carbonyl (C=O) groups is 1. The van der Waals surface area contributed by atoms with Crippen molar-refractivity contribution in [3.05, 3.63) is 58.7 Å². The smallest absolute Gasteiger partial charge is 0.416 e. The van der Waals surface area contributed by atoms with Gasteiger partial charge in [-0.1, -0.05) is 12.1 Å². The Labute approximate surface area is 131 Å². The van der Waals surface area contributed by atoms with Crippen LogP contribution in [-0.2, 0) is 12.8 Å². The topological polar surface area (TPSA) is 35.5 Å². The third kappa shape index (κ3) is 4.03. The Bertz CT molecular complexity index is 709. The zero-order chi connectivity index (χ0) is 17.0. The maximum absolute atomic E-state index is 12.7. The number of carbonyl (C=O) groups excluding carboxylic acids is 1. The molecule has 0 atom stereocenters. The van der Waals surface area contributed by atoms with E-state index in [0.29, 0.717) is 28.9 Å². The number of ether oxygens (including phenoxy) is 2. The van der Waals surface area contributed by atoms with Crippen molar-refractivity contribution in [3.63, 3.8) is 0 Å². The zero-order valence-corrected chi connectivity index (χ0v) is 12.6. The lowest BCUT2D eigenvalue weighted by Gasteiger charge is -2.13. The van der Waals surface area contributed by atoms with Crippen molar-refractivity contribution in [2.45, 2.75) is 19.7 Å². The molecule has 23 heavy (non-hydrogen) atoms. The maximum atomic E-state index is 12.7. The second-order valence-corrected chi connectivity index (χ2v) is 4.96. The number of benzene rings is 2. The fourth-order valence-corrected chi connectivity index (χ4v) is 2.17. The van der Waals surface area contributed by atoms with Crippen LogP contribution in [0.25, 0.3) is 0 Å². The first kappa shape index (κ1) is 16.9. The number of halogens is 3. The molecule has 0 aliphatic carbocycles. The fraction of sp³-hybridized carbons (Fsp3) is 0.235. The second kappa shape index (κ2) is 6.73. The van der Waals surface area contributed by atoms with Gasteiger partial charge in [0.25, 0.3) is 0 Å². The van der Waals surface area contributed by atoms with Crippen molar-refractivity contribution in [2.75, 3.05) is 7.11 Å². The molecule has 0 N–H and O–H groups in total. The van der Waals surface area contributed by atoms with Gasteiger partial charge in [-0.25, -0.2) is 0 Å². The minimum atomic E-state index is -4.36. The molecule has 0 aliphatic heterocycles. The van der Waals surface area contributed by atoms with Crippen molar-refractivity contribution < 1.29 is 27.4 Å². The predicted molar refractivity (Wildman–Crippen MR) is 78.9 cm³/mol. The summed E-state index contributed by atoms with van der Waals surface area (Å²) in [5.41, 5.74) is 0.535. The molecule has 0 spiro atoms. The molecule has 0 heterocycles. The van der Waals surface area contributed by atoms with E-state index in [2.05, 4.69) is 0 Å². The molecular formula is C17H15F3O3. The first-order chi connectivity index (χ1) is 10.8. The molecule has 0 bridgehead atoms. The molecular weight excluding hydrogens is 309 g/mol. The number of alkyl halides is 3. The summed E-state index contributed by atoms with van der Waals surface area (Å²) < 4.78 is 48.9.